The van der Waals surface area contributed by atoms with Gasteiger partial charge >= 0.3 is 0 Å². The molecule has 0 fully saturated rings. The second-order valence-corrected chi connectivity index (χ2v) is 6.71. The molecule has 0 aliphatic carbocycles. The number of nitrogens with one attached hydrogen (secondary N) is 3. The SMILES string of the molecule is I.O=S(=O)(NCCNC1=NCCCN1)c1cccs1. The maximum absolute atomic E-state index is 11.8. The second kappa shape index (κ2) is 8.02. The quantitative estimate of drug-likeness (QED) is 0.485. The molecule has 1 aromatic heterocycles. The zero-order valence-corrected chi connectivity index (χ0v) is 14.2. The highest BCUT2D eigenvalue weighted by Crippen LogP contribution is 2.14. The third-order valence-electron chi connectivity index (χ3n) is 2.37. The van der Waals surface area contributed by atoms with Gasteiger partial charge in [-0.25, -0.2) is 13.1 Å². The second-order valence-electron chi connectivity index (χ2n) is 3.77. The first-order chi connectivity index (χ1) is 8.68. The van der Waals surface area contributed by atoms with Gasteiger partial charge in [0, 0.05) is 26.2 Å². The van der Waals surface area contributed by atoms with Crippen LogP contribution in [0.25, 0.3) is 0 Å². The molecule has 0 atom stereocenters. The van der Waals surface area contributed by atoms with Crippen LogP contribution in [0.2, 0.25) is 0 Å². The summed E-state index contributed by atoms with van der Waals surface area (Å²) in [5.41, 5.74) is 0. The summed E-state index contributed by atoms with van der Waals surface area (Å²) in [6.45, 7) is 2.57. The fourth-order valence-electron chi connectivity index (χ4n) is 1.50. The van der Waals surface area contributed by atoms with E-state index >= 15 is 0 Å². The van der Waals surface area contributed by atoms with Crippen LogP contribution < -0.4 is 15.4 Å². The number of nitrogens with zero attached hydrogens (tertiary/aromatic N) is 1. The van der Waals surface area contributed by atoms with Crippen molar-refractivity contribution in [2.45, 2.75) is 10.6 Å². The topological polar surface area (TPSA) is 82.6 Å². The van der Waals surface area contributed by atoms with E-state index in [4.69, 9.17) is 0 Å². The molecule has 2 rings (SSSR count). The maximum Gasteiger partial charge on any atom is 0.250 e. The molecule has 19 heavy (non-hydrogen) atoms. The maximum atomic E-state index is 11.8. The van der Waals surface area contributed by atoms with Gasteiger partial charge in [-0.3, -0.25) is 4.99 Å². The molecule has 6 nitrogen and oxygen atoms in total. The number of hydrogen-bond donors (Lipinski definition) is 3. The summed E-state index contributed by atoms with van der Waals surface area (Å²) < 4.78 is 26.4. The number of aliphatic imine (C=N–C) groups is 1. The lowest BCUT2D eigenvalue weighted by Crippen LogP contribution is -2.43. The van der Waals surface area contributed by atoms with E-state index < -0.39 is 10.0 Å². The predicted octanol–water partition coefficient (Wildman–Crippen LogP) is 0.583. The van der Waals surface area contributed by atoms with Crippen LogP contribution in [-0.4, -0.2) is 40.6 Å². The monoisotopic (exact) mass is 416 g/mol. The van der Waals surface area contributed by atoms with Crippen molar-refractivity contribution in [2.75, 3.05) is 26.2 Å². The van der Waals surface area contributed by atoms with Crippen molar-refractivity contribution in [3.05, 3.63) is 17.5 Å². The van der Waals surface area contributed by atoms with Gasteiger partial charge in [-0.1, -0.05) is 6.07 Å². The molecule has 1 aliphatic heterocycles. The van der Waals surface area contributed by atoms with Crippen molar-refractivity contribution >= 4 is 51.3 Å². The van der Waals surface area contributed by atoms with E-state index in [1.165, 1.54) is 11.3 Å². The summed E-state index contributed by atoms with van der Waals surface area (Å²) in [4.78, 5) is 4.23. The van der Waals surface area contributed by atoms with E-state index in [0.717, 1.165) is 25.5 Å². The highest BCUT2D eigenvalue weighted by atomic mass is 127. The molecular weight excluding hydrogens is 399 g/mol. The summed E-state index contributed by atoms with van der Waals surface area (Å²) in [6.07, 6.45) is 1.04. The van der Waals surface area contributed by atoms with E-state index in [9.17, 15) is 8.42 Å². The Kier molecular flexibility index (Phi) is 7.04. The molecule has 0 saturated heterocycles. The van der Waals surface area contributed by atoms with Crippen LogP contribution in [0.5, 0.6) is 0 Å². The fraction of sp³-hybridized carbons (Fsp3) is 0.500. The van der Waals surface area contributed by atoms with E-state index in [-0.39, 0.29) is 24.0 Å². The largest absolute Gasteiger partial charge is 0.356 e. The molecule has 0 bridgehead atoms. The van der Waals surface area contributed by atoms with Crippen molar-refractivity contribution in [1.29, 1.82) is 0 Å². The van der Waals surface area contributed by atoms with E-state index in [0.29, 0.717) is 17.3 Å². The third-order valence-corrected chi connectivity index (χ3v) is 5.23. The first-order valence-corrected chi connectivity index (χ1v) is 8.10. The van der Waals surface area contributed by atoms with Crippen molar-refractivity contribution < 1.29 is 8.42 Å². The molecule has 9 heteroatoms. The Balaban J connectivity index is 0.00000180. The van der Waals surface area contributed by atoms with Crippen LogP contribution in [0.1, 0.15) is 6.42 Å². The summed E-state index contributed by atoms with van der Waals surface area (Å²) in [5, 5.41) is 7.91. The van der Waals surface area contributed by atoms with Crippen molar-refractivity contribution in [2.24, 2.45) is 4.99 Å². The van der Waals surface area contributed by atoms with Crippen molar-refractivity contribution in [1.82, 2.24) is 15.4 Å². The van der Waals surface area contributed by atoms with Crippen LogP contribution in [0.15, 0.2) is 26.7 Å². The van der Waals surface area contributed by atoms with E-state index in [2.05, 4.69) is 20.3 Å². The van der Waals surface area contributed by atoms with Crippen LogP contribution in [0, 0.1) is 0 Å². The molecule has 0 saturated carbocycles. The number of rotatable bonds is 5. The molecule has 108 valence electrons. The fourth-order valence-corrected chi connectivity index (χ4v) is 3.57. The first kappa shape index (κ1) is 16.7. The smallest absolute Gasteiger partial charge is 0.250 e. The van der Waals surface area contributed by atoms with Gasteiger partial charge in [-0.15, -0.1) is 35.3 Å². The van der Waals surface area contributed by atoms with Gasteiger partial charge in [0.15, 0.2) is 5.96 Å². The minimum Gasteiger partial charge on any atom is -0.356 e. The molecule has 0 aromatic carbocycles. The number of halogens is 1. The molecular formula is C10H17IN4O2S2. The lowest BCUT2D eigenvalue weighted by atomic mass is 10.4. The Labute approximate surface area is 134 Å². The van der Waals surface area contributed by atoms with Gasteiger partial charge in [0.1, 0.15) is 4.21 Å². The average Bonchev–Trinajstić information content (AvgIpc) is 2.91. The summed E-state index contributed by atoms with van der Waals surface area (Å²) in [7, 11) is -3.35. The zero-order valence-electron chi connectivity index (χ0n) is 10.3. The third kappa shape index (κ3) is 5.24. The normalized spacial score (nSPS) is 15.1. The summed E-state index contributed by atoms with van der Waals surface area (Å²) in [5.74, 6) is 0.747. The molecule has 1 aromatic rings. The van der Waals surface area contributed by atoms with Crippen LogP contribution in [0.4, 0.5) is 0 Å². The predicted molar refractivity (Wildman–Crippen MR) is 87.8 cm³/mol. The highest BCUT2D eigenvalue weighted by molar-refractivity contribution is 14.0. The van der Waals surface area contributed by atoms with Gasteiger partial charge in [0.2, 0.25) is 10.0 Å². The number of thiophene rings is 1. The van der Waals surface area contributed by atoms with Gasteiger partial charge in [-0.2, -0.15) is 0 Å². The number of hydrogen-bond acceptors (Lipinski definition) is 6. The van der Waals surface area contributed by atoms with Crippen LogP contribution >= 0.6 is 35.3 Å². The van der Waals surface area contributed by atoms with Crippen LogP contribution in [0.3, 0.4) is 0 Å². The highest BCUT2D eigenvalue weighted by Gasteiger charge is 2.13. The lowest BCUT2D eigenvalue weighted by Gasteiger charge is -2.15. The number of sulfonamides is 1. The molecule has 0 unspecified atom stereocenters. The number of guanidine groups is 1. The minimum atomic E-state index is -3.35. The van der Waals surface area contributed by atoms with E-state index in [1.54, 1.807) is 17.5 Å². The summed E-state index contributed by atoms with van der Waals surface area (Å²) >= 11 is 1.21. The van der Waals surface area contributed by atoms with Gasteiger partial charge < -0.3 is 10.6 Å². The molecule has 0 amide bonds. The van der Waals surface area contributed by atoms with Gasteiger partial charge in [0.05, 0.1) is 0 Å². The van der Waals surface area contributed by atoms with Gasteiger partial charge in [0.25, 0.3) is 0 Å². The molecule has 2 heterocycles. The Morgan fingerprint density at radius 2 is 2.26 bits per heavy atom. The van der Waals surface area contributed by atoms with Crippen molar-refractivity contribution in [3.63, 3.8) is 0 Å². The van der Waals surface area contributed by atoms with Crippen molar-refractivity contribution in [3.8, 4) is 0 Å². The Morgan fingerprint density at radius 3 is 2.89 bits per heavy atom. The molecule has 1 aliphatic rings. The van der Waals surface area contributed by atoms with E-state index in [1.807, 2.05) is 0 Å². The lowest BCUT2D eigenvalue weighted by molar-refractivity contribution is 0.582. The Bertz CT molecular complexity index is 502. The zero-order chi connectivity index (χ0) is 12.8. The first-order valence-electron chi connectivity index (χ1n) is 5.74. The standard InChI is InChI=1S/C10H16N4O2S2.HI/c15-18(16,9-3-1-8-17-9)14-7-6-13-10-11-4-2-5-12-10;/h1,3,8,14H,2,4-7H2,(H2,11,12,13);1H. The molecule has 0 spiro atoms. The Hall–Kier alpha value is -0.390. The Morgan fingerprint density at radius 1 is 1.42 bits per heavy atom. The molecule has 3 N–H and O–H groups in total. The molecule has 0 radical (unpaired) electrons. The summed E-state index contributed by atoms with van der Waals surface area (Å²) in [6, 6.07) is 3.31. The van der Waals surface area contributed by atoms with Crippen LogP contribution in [-0.2, 0) is 10.0 Å². The average molecular weight is 416 g/mol. The minimum absolute atomic E-state index is 0. The van der Waals surface area contributed by atoms with Gasteiger partial charge in [-0.05, 0) is 17.9 Å².